The van der Waals surface area contributed by atoms with Gasteiger partial charge in [0, 0.05) is 77.3 Å². The Bertz CT molecular complexity index is 4510. The van der Waals surface area contributed by atoms with Crippen molar-refractivity contribution in [3.05, 3.63) is 223 Å². The van der Waals surface area contributed by atoms with Crippen molar-refractivity contribution in [2.24, 2.45) is 0 Å². The standard InChI is InChI=1S/C62H35N5O/c63-36-39-27-28-44(38-15-3-1-4-16-38)52(37-64)60(39)40-31-42(33-43(32-40)66-53-23-11-8-20-46(53)50-34-51-47-21-10-14-26-58(47)68-59(51)35-57(50)66)65-55-25-13-9-22-49(55)61-56(65)30-29-48-45-19-7-12-24-54(45)67(62(48)61)41-17-5-2-6-18-41/h1-35H. The van der Waals surface area contributed by atoms with E-state index in [9.17, 15) is 10.5 Å². The van der Waals surface area contributed by atoms with Crippen LogP contribution < -0.4 is 0 Å². The van der Waals surface area contributed by atoms with Crippen molar-refractivity contribution in [1.29, 1.82) is 10.5 Å². The van der Waals surface area contributed by atoms with Gasteiger partial charge in [-0.05, 0) is 83.9 Å². The Morgan fingerprint density at radius 3 is 1.68 bits per heavy atom. The van der Waals surface area contributed by atoms with Crippen LogP contribution in [0.2, 0.25) is 0 Å². The lowest BCUT2D eigenvalue weighted by atomic mass is 9.88. The molecule has 0 aliphatic rings. The molecule has 314 valence electrons. The van der Waals surface area contributed by atoms with Gasteiger partial charge in [0.05, 0.1) is 50.3 Å². The number of benzene rings is 10. The van der Waals surface area contributed by atoms with Gasteiger partial charge in [0.15, 0.2) is 0 Å². The molecule has 4 heterocycles. The zero-order chi connectivity index (χ0) is 45.0. The fraction of sp³-hybridized carbons (Fsp3) is 0. The summed E-state index contributed by atoms with van der Waals surface area (Å²) in [4.78, 5) is 0. The van der Waals surface area contributed by atoms with Crippen LogP contribution in [-0.2, 0) is 0 Å². The van der Waals surface area contributed by atoms with Crippen molar-refractivity contribution in [2.45, 2.75) is 0 Å². The summed E-state index contributed by atoms with van der Waals surface area (Å²) in [6, 6.07) is 78.8. The van der Waals surface area contributed by atoms with Crippen molar-refractivity contribution in [3.8, 4) is 51.5 Å². The molecule has 0 unspecified atom stereocenters. The molecule has 0 fully saturated rings. The number of rotatable bonds is 5. The monoisotopic (exact) mass is 865 g/mol. The minimum absolute atomic E-state index is 0.423. The summed E-state index contributed by atoms with van der Waals surface area (Å²) in [6.45, 7) is 0. The van der Waals surface area contributed by atoms with Crippen LogP contribution in [-0.4, -0.2) is 13.7 Å². The highest BCUT2D eigenvalue weighted by Crippen LogP contribution is 2.45. The molecule has 14 rings (SSSR count). The summed E-state index contributed by atoms with van der Waals surface area (Å²) in [7, 11) is 0. The van der Waals surface area contributed by atoms with Gasteiger partial charge in [-0.3, -0.25) is 0 Å². The van der Waals surface area contributed by atoms with Gasteiger partial charge in [0.2, 0.25) is 0 Å². The molecule has 6 nitrogen and oxygen atoms in total. The Morgan fingerprint density at radius 2 is 0.956 bits per heavy atom. The van der Waals surface area contributed by atoms with E-state index in [-0.39, 0.29) is 0 Å². The molecule has 0 bridgehead atoms. The minimum atomic E-state index is 0.423. The summed E-state index contributed by atoms with van der Waals surface area (Å²) in [5.41, 5.74) is 14.7. The molecule has 4 aromatic heterocycles. The maximum absolute atomic E-state index is 11.2. The van der Waals surface area contributed by atoms with Gasteiger partial charge in [-0.15, -0.1) is 0 Å². The van der Waals surface area contributed by atoms with Gasteiger partial charge < -0.3 is 18.1 Å². The highest BCUT2D eigenvalue weighted by Gasteiger charge is 2.25. The second-order valence-corrected chi connectivity index (χ2v) is 17.5. The number of nitriles is 2. The SMILES string of the molecule is N#Cc1ccc(-c2ccccc2)c(C#N)c1-c1cc(-n2c3ccccc3c3cc4c(cc32)oc2ccccc24)cc(-n2c3ccccc3c3c2ccc2c4ccccc4n(-c4ccccc4)c23)c1. The molecule has 0 N–H and O–H groups in total. The number of nitrogens with zero attached hydrogens (tertiary/aromatic N) is 5. The van der Waals surface area contributed by atoms with Crippen LogP contribution in [0.25, 0.3) is 127 Å². The lowest BCUT2D eigenvalue weighted by Gasteiger charge is -2.18. The Balaban J connectivity index is 1.14. The maximum atomic E-state index is 11.2. The van der Waals surface area contributed by atoms with E-state index < -0.39 is 0 Å². The predicted octanol–water partition coefficient (Wildman–Crippen LogP) is 16.0. The van der Waals surface area contributed by atoms with E-state index in [2.05, 4.69) is 184 Å². The average molecular weight is 866 g/mol. The Hall–Kier alpha value is -9.62. The first-order valence-corrected chi connectivity index (χ1v) is 22.7. The van der Waals surface area contributed by atoms with Gasteiger partial charge in [-0.25, -0.2) is 0 Å². The Morgan fingerprint density at radius 1 is 0.353 bits per heavy atom. The highest BCUT2D eigenvalue weighted by molar-refractivity contribution is 6.26. The third-order valence-electron chi connectivity index (χ3n) is 13.9. The molecule has 14 aromatic rings. The Labute approximate surface area is 389 Å². The minimum Gasteiger partial charge on any atom is -0.456 e. The molecular formula is C62H35N5O. The van der Waals surface area contributed by atoms with Crippen molar-refractivity contribution < 1.29 is 4.42 Å². The molecule has 0 saturated carbocycles. The molecule has 0 radical (unpaired) electrons. The van der Waals surface area contributed by atoms with Gasteiger partial charge in [-0.2, -0.15) is 10.5 Å². The number of fused-ring (bicyclic) bond motifs is 13. The molecule has 0 aliphatic carbocycles. The van der Waals surface area contributed by atoms with Crippen LogP contribution in [0, 0.1) is 22.7 Å². The first kappa shape index (κ1) is 37.7. The van der Waals surface area contributed by atoms with Crippen LogP contribution in [0.15, 0.2) is 217 Å². The van der Waals surface area contributed by atoms with E-state index >= 15 is 0 Å². The summed E-state index contributed by atoms with van der Waals surface area (Å²) in [5.74, 6) is 0. The summed E-state index contributed by atoms with van der Waals surface area (Å²) in [6.07, 6.45) is 0. The van der Waals surface area contributed by atoms with E-state index in [0.717, 1.165) is 110 Å². The molecule has 6 heteroatoms. The van der Waals surface area contributed by atoms with Crippen molar-refractivity contribution >= 4 is 87.4 Å². The quantitative estimate of drug-likeness (QED) is 0.173. The predicted molar refractivity (Wildman–Crippen MR) is 277 cm³/mol. The first-order chi connectivity index (χ1) is 33.7. The van der Waals surface area contributed by atoms with Gasteiger partial charge >= 0.3 is 0 Å². The van der Waals surface area contributed by atoms with Gasteiger partial charge in [0.25, 0.3) is 0 Å². The molecular weight excluding hydrogens is 831 g/mol. The number of hydrogen-bond acceptors (Lipinski definition) is 3. The molecule has 68 heavy (non-hydrogen) atoms. The topological polar surface area (TPSA) is 75.5 Å². The molecule has 0 spiro atoms. The van der Waals surface area contributed by atoms with Gasteiger partial charge in [-0.1, -0.05) is 133 Å². The second-order valence-electron chi connectivity index (χ2n) is 17.5. The third kappa shape index (κ3) is 5.31. The normalized spacial score (nSPS) is 11.8. The second kappa shape index (κ2) is 14.4. The van der Waals surface area contributed by atoms with Crippen LogP contribution in [0.5, 0.6) is 0 Å². The zero-order valence-corrected chi connectivity index (χ0v) is 36.4. The van der Waals surface area contributed by atoms with Crippen LogP contribution in [0.4, 0.5) is 0 Å². The number of para-hydroxylation sites is 5. The number of aromatic nitrogens is 3. The van der Waals surface area contributed by atoms with Gasteiger partial charge in [0.1, 0.15) is 17.2 Å². The van der Waals surface area contributed by atoms with Crippen LogP contribution in [0.1, 0.15) is 11.1 Å². The van der Waals surface area contributed by atoms with Crippen LogP contribution >= 0.6 is 0 Å². The Kier molecular flexibility index (Phi) is 8.01. The summed E-state index contributed by atoms with van der Waals surface area (Å²) in [5, 5.41) is 31.0. The molecule has 0 atom stereocenters. The fourth-order valence-corrected chi connectivity index (χ4v) is 11.1. The first-order valence-electron chi connectivity index (χ1n) is 22.7. The largest absolute Gasteiger partial charge is 0.456 e. The summed E-state index contributed by atoms with van der Waals surface area (Å²) < 4.78 is 13.6. The lowest BCUT2D eigenvalue weighted by molar-refractivity contribution is 0.669. The van der Waals surface area contributed by atoms with E-state index in [4.69, 9.17) is 4.42 Å². The third-order valence-corrected chi connectivity index (χ3v) is 13.9. The molecule has 0 aliphatic heterocycles. The van der Waals surface area contributed by atoms with E-state index in [0.29, 0.717) is 16.7 Å². The van der Waals surface area contributed by atoms with Crippen molar-refractivity contribution in [3.63, 3.8) is 0 Å². The highest BCUT2D eigenvalue weighted by atomic mass is 16.3. The lowest BCUT2D eigenvalue weighted by Crippen LogP contribution is -2.02. The zero-order valence-electron chi connectivity index (χ0n) is 36.4. The fourth-order valence-electron chi connectivity index (χ4n) is 11.1. The average Bonchev–Trinajstić information content (AvgIpc) is 4.14. The number of furan rings is 1. The molecule has 10 aromatic carbocycles. The van der Waals surface area contributed by atoms with Crippen LogP contribution in [0.3, 0.4) is 0 Å². The van der Waals surface area contributed by atoms with Crippen molar-refractivity contribution in [2.75, 3.05) is 0 Å². The van der Waals surface area contributed by atoms with Crippen molar-refractivity contribution in [1.82, 2.24) is 13.7 Å². The maximum Gasteiger partial charge on any atom is 0.137 e. The molecule has 0 saturated heterocycles. The number of hydrogen-bond donors (Lipinski definition) is 0. The smallest absolute Gasteiger partial charge is 0.137 e. The van der Waals surface area contributed by atoms with E-state index in [1.807, 2.05) is 54.6 Å². The summed E-state index contributed by atoms with van der Waals surface area (Å²) >= 11 is 0. The van der Waals surface area contributed by atoms with E-state index in [1.165, 1.54) is 10.8 Å². The van der Waals surface area contributed by atoms with E-state index in [1.54, 1.807) is 0 Å². The molecule has 0 amide bonds.